The Kier molecular flexibility index (Phi) is 4.63. The molecule has 0 radical (unpaired) electrons. The molecule has 2 N–H and O–H groups in total. The van der Waals surface area contributed by atoms with E-state index in [1.807, 2.05) is 26.8 Å². The highest BCUT2D eigenvalue weighted by molar-refractivity contribution is 9.10. The van der Waals surface area contributed by atoms with Crippen molar-refractivity contribution >= 4 is 38.4 Å². The van der Waals surface area contributed by atoms with Gasteiger partial charge >= 0.3 is 0 Å². The van der Waals surface area contributed by atoms with Crippen molar-refractivity contribution < 1.29 is 9.90 Å². The molecule has 0 aliphatic carbocycles. The third-order valence-corrected chi connectivity index (χ3v) is 4.77. The smallest absolute Gasteiger partial charge is 0.268 e. The van der Waals surface area contributed by atoms with Crippen molar-refractivity contribution in [1.29, 1.82) is 0 Å². The lowest BCUT2D eigenvalue weighted by Crippen LogP contribution is -2.38. The summed E-state index contributed by atoms with van der Waals surface area (Å²) in [5.41, 5.74) is -0.258. The summed E-state index contributed by atoms with van der Waals surface area (Å²) in [5.74, 6) is -0.959. The third-order valence-electron chi connectivity index (χ3n) is 4.07. The largest absolute Gasteiger partial charge is 0.506 e. The monoisotopic (exact) mass is 414 g/mol. The molecule has 1 heterocycles. The fraction of sp³-hybridized carbons (Fsp3) is 0.200. The molecule has 5 nitrogen and oxygen atoms in total. The lowest BCUT2D eigenvalue weighted by molar-refractivity contribution is 0.102. The highest BCUT2D eigenvalue weighted by Gasteiger charge is 2.27. The quantitative estimate of drug-likeness (QED) is 0.649. The number of rotatable bonds is 2. The summed E-state index contributed by atoms with van der Waals surface area (Å²) < 4.78 is 2.22. The van der Waals surface area contributed by atoms with Gasteiger partial charge in [0.1, 0.15) is 11.3 Å². The Morgan fingerprint density at radius 3 is 2.35 bits per heavy atom. The van der Waals surface area contributed by atoms with Crippen molar-refractivity contribution in [3.8, 4) is 5.75 Å². The molecule has 2 aromatic carbocycles. The molecule has 0 saturated heterocycles. The number of fused-ring (bicyclic) bond motifs is 1. The summed E-state index contributed by atoms with van der Waals surface area (Å²) in [6, 6.07) is 14.1. The predicted octanol–water partition coefficient (Wildman–Crippen LogP) is 4.48. The summed E-state index contributed by atoms with van der Waals surface area (Å²) in [7, 11) is 0. The molecule has 1 aromatic heterocycles. The van der Waals surface area contributed by atoms with Gasteiger partial charge in [0.15, 0.2) is 0 Å². The Hall–Kier alpha value is -2.60. The van der Waals surface area contributed by atoms with Crippen molar-refractivity contribution in [1.82, 2.24) is 4.57 Å². The number of aromatic nitrogens is 1. The molecule has 0 aliphatic heterocycles. The standard InChI is InChI=1S/C20H19BrN2O3/c1-20(2,3)23-15-11-7-4-8-12(15)17(24)16(19(23)26)18(25)22-14-10-6-5-9-13(14)21/h4-11,24H,1-3H3,(H,22,25). The van der Waals surface area contributed by atoms with E-state index >= 15 is 0 Å². The van der Waals surface area contributed by atoms with E-state index in [0.29, 0.717) is 21.1 Å². The molecule has 6 heteroatoms. The highest BCUT2D eigenvalue weighted by atomic mass is 79.9. The lowest BCUT2D eigenvalue weighted by atomic mass is 10.0. The molecular weight excluding hydrogens is 396 g/mol. The maximum absolute atomic E-state index is 13.1. The van der Waals surface area contributed by atoms with Crippen LogP contribution in [0, 0.1) is 0 Å². The number of nitrogens with zero attached hydrogens (tertiary/aromatic N) is 1. The molecule has 0 saturated carbocycles. The Balaban J connectivity index is 2.25. The summed E-state index contributed by atoms with van der Waals surface area (Å²) >= 11 is 3.36. The number of carbonyl (C=O) groups excluding carboxylic acids is 1. The van der Waals surface area contributed by atoms with Gasteiger partial charge in [-0.05, 0) is 61.0 Å². The number of hydrogen-bond acceptors (Lipinski definition) is 3. The van der Waals surface area contributed by atoms with Crippen molar-refractivity contribution in [3.63, 3.8) is 0 Å². The van der Waals surface area contributed by atoms with Gasteiger partial charge in [-0.2, -0.15) is 0 Å². The van der Waals surface area contributed by atoms with Crippen LogP contribution in [0.25, 0.3) is 10.9 Å². The average Bonchev–Trinajstić information content (AvgIpc) is 2.56. The Labute approximate surface area is 159 Å². The number of benzene rings is 2. The molecule has 0 spiro atoms. The van der Waals surface area contributed by atoms with Crippen LogP contribution >= 0.6 is 15.9 Å². The zero-order valence-electron chi connectivity index (χ0n) is 14.7. The fourth-order valence-electron chi connectivity index (χ4n) is 2.94. The van der Waals surface area contributed by atoms with Gasteiger partial charge in [0, 0.05) is 15.4 Å². The molecule has 0 aliphatic rings. The average molecular weight is 415 g/mol. The zero-order valence-corrected chi connectivity index (χ0v) is 16.3. The van der Waals surface area contributed by atoms with Crippen molar-refractivity contribution in [2.24, 2.45) is 0 Å². The van der Waals surface area contributed by atoms with Crippen LogP contribution < -0.4 is 10.9 Å². The summed E-state index contributed by atoms with van der Waals surface area (Å²) in [6.07, 6.45) is 0. The van der Waals surface area contributed by atoms with E-state index in [0.717, 1.165) is 0 Å². The minimum absolute atomic E-state index is 0.269. The van der Waals surface area contributed by atoms with E-state index in [1.54, 1.807) is 42.5 Å². The van der Waals surface area contributed by atoms with Gasteiger partial charge in [-0.3, -0.25) is 9.59 Å². The first-order valence-electron chi connectivity index (χ1n) is 8.15. The van der Waals surface area contributed by atoms with Gasteiger partial charge in [-0.25, -0.2) is 0 Å². The minimum Gasteiger partial charge on any atom is -0.506 e. The second-order valence-corrected chi connectivity index (χ2v) is 7.84. The highest BCUT2D eigenvalue weighted by Crippen LogP contribution is 2.30. The molecule has 0 unspecified atom stereocenters. The van der Waals surface area contributed by atoms with Crippen molar-refractivity contribution in [2.75, 3.05) is 5.32 Å². The maximum atomic E-state index is 13.1. The second-order valence-electron chi connectivity index (χ2n) is 6.99. The van der Waals surface area contributed by atoms with Crippen LogP contribution in [-0.2, 0) is 5.54 Å². The van der Waals surface area contributed by atoms with Crippen molar-refractivity contribution in [2.45, 2.75) is 26.3 Å². The number of hydrogen-bond donors (Lipinski definition) is 2. The van der Waals surface area contributed by atoms with E-state index in [1.165, 1.54) is 4.57 Å². The molecule has 0 bridgehead atoms. The van der Waals surface area contributed by atoms with E-state index in [9.17, 15) is 14.7 Å². The van der Waals surface area contributed by atoms with Gasteiger partial charge in [-0.1, -0.05) is 24.3 Å². The SMILES string of the molecule is CC(C)(C)n1c(=O)c(C(=O)Nc2ccccc2Br)c(O)c2ccccc21. The molecule has 1 amide bonds. The normalized spacial score (nSPS) is 11.5. The maximum Gasteiger partial charge on any atom is 0.268 e. The van der Waals surface area contributed by atoms with Crippen molar-refractivity contribution in [3.05, 3.63) is 68.9 Å². The van der Waals surface area contributed by atoms with Crippen LogP contribution in [0.1, 0.15) is 31.1 Å². The number of carbonyl (C=O) groups is 1. The molecule has 3 aromatic rings. The van der Waals surface area contributed by atoms with E-state index < -0.39 is 17.0 Å². The minimum atomic E-state index is -0.650. The molecule has 0 atom stereocenters. The number of anilines is 1. The summed E-state index contributed by atoms with van der Waals surface area (Å²) in [5, 5.41) is 13.8. The second kappa shape index (κ2) is 6.61. The molecule has 3 rings (SSSR count). The third kappa shape index (κ3) is 3.12. The van der Waals surface area contributed by atoms with Crippen LogP contribution in [0.2, 0.25) is 0 Å². The van der Waals surface area contributed by atoms with Gasteiger partial charge in [-0.15, -0.1) is 0 Å². The predicted molar refractivity (Wildman–Crippen MR) is 107 cm³/mol. The first kappa shape index (κ1) is 18.2. The van der Waals surface area contributed by atoms with Gasteiger partial charge in [0.05, 0.1) is 11.2 Å². The fourth-order valence-corrected chi connectivity index (χ4v) is 3.33. The number of amides is 1. The number of halogens is 1. The molecule has 0 fully saturated rings. The first-order valence-corrected chi connectivity index (χ1v) is 8.94. The van der Waals surface area contributed by atoms with Crippen LogP contribution in [0.15, 0.2) is 57.8 Å². The number of para-hydroxylation sites is 2. The van der Waals surface area contributed by atoms with E-state index in [4.69, 9.17) is 0 Å². The topological polar surface area (TPSA) is 71.3 Å². The number of nitrogens with one attached hydrogen (secondary N) is 1. The summed E-state index contributed by atoms with van der Waals surface area (Å²) in [4.78, 5) is 25.9. The Bertz CT molecular complexity index is 1060. The van der Waals surface area contributed by atoms with Gasteiger partial charge in [0.25, 0.3) is 11.5 Å². The van der Waals surface area contributed by atoms with Gasteiger partial charge < -0.3 is 15.0 Å². The van der Waals surface area contributed by atoms with Crippen LogP contribution in [-0.4, -0.2) is 15.6 Å². The molecule has 26 heavy (non-hydrogen) atoms. The van der Waals surface area contributed by atoms with Crippen LogP contribution in [0.3, 0.4) is 0 Å². The van der Waals surface area contributed by atoms with Crippen LogP contribution in [0.5, 0.6) is 5.75 Å². The first-order chi connectivity index (χ1) is 12.2. The molecule has 134 valence electrons. The number of pyridine rings is 1. The molecular formula is C20H19BrN2O3. The van der Waals surface area contributed by atoms with Gasteiger partial charge in [0.2, 0.25) is 0 Å². The van der Waals surface area contributed by atoms with E-state index in [-0.39, 0.29) is 11.3 Å². The Morgan fingerprint density at radius 2 is 1.69 bits per heavy atom. The Morgan fingerprint density at radius 1 is 1.08 bits per heavy atom. The lowest BCUT2D eigenvalue weighted by Gasteiger charge is -2.26. The zero-order chi connectivity index (χ0) is 19.1. The van der Waals surface area contributed by atoms with E-state index in [2.05, 4.69) is 21.2 Å². The number of aromatic hydroxyl groups is 1. The summed E-state index contributed by atoms with van der Waals surface area (Å²) in [6.45, 7) is 5.65. The van der Waals surface area contributed by atoms with Crippen LogP contribution in [0.4, 0.5) is 5.69 Å².